The van der Waals surface area contributed by atoms with Crippen molar-refractivity contribution in [1.82, 2.24) is 4.98 Å². The molecule has 11 aromatic rings. The average molecular weight is 669 g/mol. The average Bonchev–Trinajstić information content (AvgIpc) is 3.91. The summed E-state index contributed by atoms with van der Waals surface area (Å²) >= 11 is 0. The largest absolute Gasteiger partial charge is 0.456 e. The van der Waals surface area contributed by atoms with Crippen molar-refractivity contribution in [3.8, 4) is 22.6 Å². The molecule has 5 heteroatoms. The number of hydrogen-bond acceptors (Lipinski definition) is 5. The minimum atomic E-state index is 0.588. The van der Waals surface area contributed by atoms with E-state index in [2.05, 4.69) is 120 Å². The van der Waals surface area contributed by atoms with Gasteiger partial charge in [-0.3, -0.25) is 0 Å². The Kier molecular flexibility index (Phi) is 6.18. The number of oxazole rings is 1. The predicted octanol–water partition coefficient (Wildman–Crippen LogP) is 13.6. The molecular formula is C47H28N2O3. The molecule has 11 rings (SSSR count). The molecule has 0 spiro atoms. The lowest BCUT2D eigenvalue weighted by molar-refractivity contribution is 0.617. The van der Waals surface area contributed by atoms with Gasteiger partial charge in [0, 0.05) is 44.5 Å². The van der Waals surface area contributed by atoms with Crippen LogP contribution in [0.25, 0.3) is 88.3 Å². The van der Waals surface area contributed by atoms with E-state index in [-0.39, 0.29) is 0 Å². The van der Waals surface area contributed by atoms with E-state index < -0.39 is 0 Å². The minimum Gasteiger partial charge on any atom is -0.456 e. The zero-order valence-corrected chi connectivity index (χ0v) is 27.8. The van der Waals surface area contributed by atoms with Crippen LogP contribution < -0.4 is 4.90 Å². The lowest BCUT2D eigenvalue weighted by Crippen LogP contribution is -2.10. The van der Waals surface area contributed by atoms with Gasteiger partial charge in [-0.1, -0.05) is 103 Å². The molecule has 0 unspecified atom stereocenters. The van der Waals surface area contributed by atoms with Gasteiger partial charge < -0.3 is 18.2 Å². The Morgan fingerprint density at radius 2 is 1.12 bits per heavy atom. The Hall–Kier alpha value is -7.11. The van der Waals surface area contributed by atoms with Crippen molar-refractivity contribution in [3.05, 3.63) is 170 Å². The van der Waals surface area contributed by atoms with Gasteiger partial charge in [0.1, 0.15) is 22.3 Å². The predicted molar refractivity (Wildman–Crippen MR) is 212 cm³/mol. The first-order valence-corrected chi connectivity index (χ1v) is 17.4. The number of anilines is 3. The minimum absolute atomic E-state index is 0.588. The van der Waals surface area contributed by atoms with Crippen molar-refractivity contribution in [2.75, 3.05) is 4.90 Å². The summed E-state index contributed by atoms with van der Waals surface area (Å²) in [6.45, 7) is 0. The van der Waals surface area contributed by atoms with E-state index in [9.17, 15) is 0 Å². The zero-order valence-electron chi connectivity index (χ0n) is 27.8. The summed E-state index contributed by atoms with van der Waals surface area (Å²) in [5.41, 5.74) is 10.9. The van der Waals surface area contributed by atoms with Crippen LogP contribution in [0.15, 0.2) is 183 Å². The third-order valence-electron chi connectivity index (χ3n) is 10.1. The maximum atomic E-state index is 6.60. The molecule has 0 aliphatic rings. The van der Waals surface area contributed by atoms with E-state index in [0.717, 1.165) is 77.6 Å². The van der Waals surface area contributed by atoms with E-state index in [1.165, 1.54) is 16.3 Å². The molecule has 0 saturated heterocycles. The molecule has 0 amide bonds. The number of rotatable bonds is 5. The maximum Gasteiger partial charge on any atom is 0.227 e. The van der Waals surface area contributed by atoms with Gasteiger partial charge in [0.2, 0.25) is 5.89 Å². The van der Waals surface area contributed by atoms with Gasteiger partial charge in [0.25, 0.3) is 0 Å². The lowest BCUT2D eigenvalue weighted by atomic mass is 9.98. The first-order chi connectivity index (χ1) is 25.7. The van der Waals surface area contributed by atoms with Gasteiger partial charge in [-0.25, -0.2) is 4.98 Å². The number of benzene rings is 8. The first kappa shape index (κ1) is 28.7. The zero-order chi connectivity index (χ0) is 34.2. The van der Waals surface area contributed by atoms with Gasteiger partial charge in [-0.2, -0.15) is 0 Å². The van der Waals surface area contributed by atoms with E-state index in [1.54, 1.807) is 0 Å². The second-order valence-corrected chi connectivity index (χ2v) is 13.1. The molecule has 3 heterocycles. The van der Waals surface area contributed by atoms with Crippen LogP contribution in [-0.2, 0) is 0 Å². The molecule has 0 radical (unpaired) electrons. The molecule has 244 valence electrons. The molecule has 52 heavy (non-hydrogen) atoms. The van der Waals surface area contributed by atoms with Gasteiger partial charge in [0.15, 0.2) is 11.2 Å². The summed E-state index contributed by atoms with van der Waals surface area (Å²) in [5, 5.41) is 6.59. The van der Waals surface area contributed by atoms with E-state index in [0.29, 0.717) is 11.5 Å². The quantitative estimate of drug-likeness (QED) is 0.183. The molecule has 0 aliphatic heterocycles. The van der Waals surface area contributed by atoms with Crippen LogP contribution in [0, 0.1) is 0 Å². The van der Waals surface area contributed by atoms with Gasteiger partial charge in [-0.15, -0.1) is 0 Å². The summed E-state index contributed by atoms with van der Waals surface area (Å²) in [7, 11) is 0. The van der Waals surface area contributed by atoms with Crippen molar-refractivity contribution in [2.24, 2.45) is 0 Å². The Balaban J connectivity index is 1.10. The normalized spacial score (nSPS) is 11.8. The highest BCUT2D eigenvalue weighted by Gasteiger charge is 2.21. The van der Waals surface area contributed by atoms with Gasteiger partial charge in [0.05, 0.1) is 5.69 Å². The highest BCUT2D eigenvalue weighted by Crippen LogP contribution is 2.44. The van der Waals surface area contributed by atoms with E-state index >= 15 is 0 Å². The van der Waals surface area contributed by atoms with Crippen LogP contribution in [0.2, 0.25) is 0 Å². The smallest absolute Gasteiger partial charge is 0.227 e. The summed E-state index contributed by atoms with van der Waals surface area (Å²) in [4.78, 5) is 7.12. The van der Waals surface area contributed by atoms with Crippen LogP contribution >= 0.6 is 0 Å². The van der Waals surface area contributed by atoms with Crippen LogP contribution in [0.1, 0.15) is 0 Å². The van der Waals surface area contributed by atoms with Crippen molar-refractivity contribution in [1.29, 1.82) is 0 Å². The number of furan rings is 2. The lowest BCUT2D eigenvalue weighted by Gasteiger charge is -2.26. The monoisotopic (exact) mass is 668 g/mol. The van der Waals surface area contributed by atoms with Crippen molar-refractivity contribution >= 4 is 82.8 Å². The third kappa shape index (κ3) is 4.46. The Labute approximate surface area is 297 Å². The SMILES string of the molecule is c1ccc(-c2nc3cc4c(cc3o2)oc2ccc(N(c3ccc(-c5cccc6ccccc56)cc3)c3cccc5c3oc3ccccc35)cc24)cc1. The fourth-order valence-corrected chi connectivity index (χ4v) is 7.63. The summed E-state index contributed by atoms with van der Waals surface area (Å²) in [6, 6.07) is 58.7. The molecular weight excluding hydrogens is 641 g/mol. The number of aromatic nitrogens is 1. The van der Waals surface area contributed by atoms with Crippen molar-refractivity contribution < 1.29 is 13.3 Å². The van der Waals surface area contributed by atoms with Crippen LogP contribution in [-0.4, -0.2) is 4.98 Å². The maximum absolute atomic E-state index is 6.60. The fourth-order valence-electron chi connectivity index (χ4n) is 7.63. The van der Waals surface area contributed by atoms with Crippen LogP contribution in [0.5, 0.6) is 0 Å². The molecule has 3 aromatic heterocycles. The number of hydrogen-bond donors (Lipinski definition) is 0. The van der Waals surface area contributed by atoms with Crippen LogP contribution in [0.4, 0.5) is 17.1 Å². The highest BCUT2D eigenvalue weighted by molar-refractivity contribution is 6.12. The molecule has 0 atom stereocenters. The topological polar surface area (TPSA) is 55.6 Å². The standard InChI is InChI=1S/C47H28N2O3/c1-2-11-31(12-3-1)47-48-40-27-39-38-26-33(24-25-43(38)50-44(39)28-45(40)52-47)49(41-18-9-17-37-36-15-6-7-19-42(36)51-46(37)41)32-22-20-30(21-23-32)35-16-8-13-29-10-4-5-14-34(29)35/h1-28H. The molecule has 0 bridgehead atoms. The molecule has 0 aliphatic carbocycles. The number of para-hydroxylation sites is 2. The van der Waals surface area contributed by atoms with E-state index in [4.69, 9.17) is 18.2 Å². The third-order valence-corrected chi connectivity index (χ3v) is 10.1. The summed E-state index contributed by atoms with van der Waals surface area (Å²) < 4.78 is 19.2. The van der Waals surface area contributed by atoms with Gasteiger partial charge >= 0.3 is 0 Å². The van der Waals surface area contributed by atoms with E-state index in [1.807, 2.05) is 54.6 Å². The molecule has 0 fully saturated rings. The van der Waals surface area contributed by atoms with Crippen molar-refractivity contribution in [3.63, 3.8) is 0 Å². The molecule has 0 saturated carbocycles. The van der Waals surface area contributed by atoms with Crippen LogP contribution in [0.3, 0.4) is 0 Å². The number of nitrogens with zero attached hydrogens (tertiary/aromatic N) is 2. The van der Waals surface area contributed by atoms with Crippen molar-refractivity contribution in [2.45, 2.75) is 0 Å². The highest BCUT2D eigenvalue weighted by atomic mass is 16.4. The Morgan fingerprint density at radius 1 is 0.404 bits per heavy atom. The summed E-state index contributed by atoms with van der Waals surface area (Å²) in [5.74, 6) is 0.588. The number of fused-ring (bicyclic) bond motifs is 8. The molecule has 0 N–H and O–H groups in total. The van der Waals surface area contributed by atoms with Gasteiger partial charge in [-0.05, 0) is 82.6 Å². The Morgan fingerprint density at radius 3 is 2.02 bits per heavy atom. The summed E-state index contributed by atoms with van der Waals surface area (Å²) in [6.07, 6.45) is 0. The fraction of sp³-hybridized carbons (Fsp3) is 0. The second kappa shape index (κ2) is 11.2. The Bertz CT molecular complexity index is 3130. The first-order valence-electron chi connectivity index (χ1n) is 17.4. The molecule has 8 aromatic carbocycles. The molecule has 5 nitrogen and oxygen atoms in total. The second-order valence-electron chi connectivity index (χ2n) is 13.1.